The van der Waals surface area contributed by atoms with Crippen LogP contribution in [0, 0.1) is 0 Å². The number of aliphatic carboxylic acids is 1. The highest BCUT2D eigenvalue weighted by molar-refractivity contribution is 6.42. The van der Waals surface area contributed by atoms with Gasteiger partial charge < -0.3 is 5.11 Å². The molecular weight excluding hydrogens is 275 g/mol. The fraction of sp³-hybridized carbons (Fsp3) is 0.231. The van der Waals surface area contributed by atoms with Crippen molar-refractivity contribution in [2.75, 3.05) is 0 Å². The van der Waals surface area contributed by atoms with Crippen LogP contribution in [-0.4, -0.2) is 16.9 Å². The van der Waals surface area contributed by atoms with Crippen LogP contribution in [0.2, 0.25) is 10.0 Å². The molecule has 0 amide bonds. The monoisotopic (exact) mass is 284 g/mol. The molecule has 0 aromatic heterocycles. The van der Waals surface area contributed by atoms with Crippen LogP contribution in [0.3, 0.4) is 0 Å². The van der Waals surface area contributed by atoms with E-state index in [0.717, 1.165) is 0 Å². The first-order valence-corrected chi connectivity index (χ1v) is 6.18. The lowest BCUT2D eigenvalue weighted by Crippen LogP contribution is -2.18. The zero-order valence-corrected chi connectivity index (χ0v) is 10.8. The van der Waals surface area contributed by atoms with Gasteiger partial charge in [0.25, 0.3) is 0 Å². The molecule has 1 aliphatic carbocycles. The highest BCUT2D eigenvalue weighted by atomic mass is 35.5. The van der Waals surface area contributed by atoms with Crippen LogP contribution < -0.4 is 0 Å². The molecule has 3 nitrogen and oxygen atoms in total. The number of halogens is 2. The first-order valence-electron chi connectivity index (χ1n) is 5.42. The number of rotatable bonds is 2. The maximum Gasteiger partial charge on any atom is 0.332 e. The van der Waals surface area contributed by atoms with Gasteiger partial charge >= 0.3 is 5.97 Å². The SMILES string of the molecule is O=C1C=C(C(=O)O)C(c2cccc(Cl)c2Cl)CC1. The van der Waals surface area contributed by atoms with E-state index in [0.29, 0.717) is 28.5 Å². The second-order valence-electron chi connectivity index (χ2n) is 4.11. The van der Waals surface area contributed by atoms with Crippen LogP contribution in [0.15, 0.2) is 29.8 Å². The Morgan fingerprint density at radius 2 is 2.06 bits per heavy atom. The van der Waals surface area contributed by atoms with Gasteiger partial charge in [-0.25, -0.2) is 4.79 Å². The van der Waals surface area contributed by atoms with Gasteiger partial charge in [0.05, 0.1) is 10.0 Å². The Balaban J connectivity index is 2.49. The lowest BCUT2D eigenvalue weighted by atomic mass is 9.82. The molecule has 0 saturated carbocycles. The average Bonchev–Trinajstić information content (AvgIpc) is 2.33. The van der Waals surface area contributed by atoms with E-state index in [1.165, 1.54) is 6.08 Å². The minimum atomic E-state index is -1.09. The van der Waals surface area contributed by atoms with E-state index in [4.69, 9.17) is 28.3 Å². The van der Waals surface area contributed by atoms with Crippen molar-refractivity contribution in [2.24, 2.45) is 0 Å². The molecule has 2 rings (SSSR count). The largest absolute Gasteiger partial charge is 0.478 e. The van der Waals surface area contributed by atoms with Crippen LogP contribution in [0.5, 0.6) is 0 Å². The summed E-state index contributed by atoms with van der Waals surface area (Å²) >= 11 is 12.0. The third-order valence-corrected chi connectivity index (χ3v) is 3.81. The fourth-order valence-electron chi connectivity index (χ4n) is 2.11. The maximum atomic E-state index is 11.3. The predicted octanol–water partition coefficient (Wildman–Crippen LogP) is 3.45. The smallest absolute Gasteiger partial charge is 0.332 e. The lowest BCUT2D eigenvalue weighted by molar-refractivity contribution is -0.133. The van der Waals surface area contributed by atoms with Gasteiger partial charge in [0.1, 0.15) is 0 Å². The number of allylic oxidation sites excluding steroid dienone is 1. The second kappa shape index (κ2) is 5.12. The topological polar surface area (TPSA) is 54.4 Å². The third kappa shape index (κ3) is 2.42. The summed E-state index contributed by atoms with van der Waals surface area (Å²) < 4.78 is 0. The fourth-order valence-corrected chi connectivity index (χ4v) is 2.55. The van der Waals surface area contributed by atoms with E-state index in [1.807, 2.05) is 0 Å². The van der Waals surface area contributed by atoms with Crippen molar-refractivity contribution in [2.45, 2.75) is 18.8 Å². The van der Waals surface area contributed by atoms with Crippen molar-refractivity contribution in [1.82, 2.24) is 0 Å². The van der Waals surface area contributed by atoms with E-state index in [-0.39, 0.29) is 17.3 Å². The van der Waals surface area contributed by atoms with Crippen LogP contribution in [0.25, 0.3) is 0 Å². The zero-order valence-electron chi connectivity index (χ0n) is 9.32. The molecule has 1 unspecified atom stereocenters. The molecule has 1 aromatic carbocycles. The van der Waals surface area contributed by atoms with Crippen molar-refractivity contribution >= 4 is 35.0 Å². The van der Waals surface area contributed by atoms with Gasteiger partial charge in [-0.2, -0.15) is 0 Å². The van der Waals surface area contributed by atoms with E-state index >= 15 is 0 Å². The van der Waals surface area contributed by atoms with Gasteiger partial charge in [0.15, 0.2) is 5.78 Å². The Kier molecular flexibility index (Phi) is 3.73. The molecule has 0 saturated heterocycles. The summed E-state index contributed by atoms with van der Waals surface area (Å²) in [7, 11) is 0. The molecule has 0 bridgehead atoms. The number of carbonyl (C=O) groups is 2. The van der Waals surface area contributed by atoms with Crippen LogP contribution in [-0.2, 0) is 9.59 Å². The number of hydrogen-bond acceptors (Lipinski definition) is 2. The first kappa shape index (κ1) is 13.1. The molecule has 5 heteroatoms. The summed E-state index contributed by atoms with van der Waals surface area (Å²) in [5.74, 6) is -1.64. The molecule has 0 radical (unpaired) electrons. The summed E-state index contributed by atoms with van der Waals surface area (Å²) in [6, 6.07) is 5.11. The zero-order chi connectivity index (χ0) is 13.3. The van der Waals surface area contributed by atoms with E-state index in [2.05, 4.69) is 0 Å². The molecule has 18 heavy (non-hydrogen) atoms. The highest BCUT2D eigenvalue weighted by Gasteiger charge is 2.29. The van der Waals surface area contributed by atoms with Gasteiger partial charge in [-0.15, -0.1) is 0 Å². The van der Waals surface area contributed by atoms with E-state index < -0.39 is 5.97 Å². The Morgan fingerprint density at radius 1 is 1.33 bits per heavy atom. The van der Waals surface area contributed by atoms with Crippen LogP contribution in [0.4, 0.5) is 0 Å². The first-order chi connectivity index (χ1) is 8.50. The standard InChI is InChI=1S/C13H10Cl2O3/c14-11-3-1-2-9(12(11)15)8-5-4-7(16)6-10(8)13(17)18/h1-3,6,8H,4-5H2,(H,17,18). The lowest BCUT2D eigenvalue weighted by Gasteiger charge is -2.22. The molecule has 1 N–H and O–H groups in total. The molecule has 0 spiro atoms. The number of carbonyl (C=O) groups excluding carboxylic acids is 1. The van der Waals surface area contributed by atoms with E-state index in [1.54, 1.807) is 18.2 Å². The minimum absolute atomic E-state index is 0.0791. The van der Waals surface area contributed by atoms with Gasteiger partial charge in [0.2, 0.25) is 0 Å². The Morgan fingerprint density at radius 3 is 2.72 bits per heavy atom. The Labute approximate surface area is 114 Å². The Hall–Kier alpha value is -1.32. The van der Waals surface area contributed by atoms with Crippen molar-refractivity contribution in [3.8, 4) is 0 Å². The molecule has 0 aliphatic heterocycles. The van der Waals surface area contributed by atoms with Crippen LogP contribution in [0.1, 0.15) is 24.3 Å². The summed E-state index contributed by atoms with van der Waals surface area (Å²) in [4.78, 5) is 22.5. The molecule has 0 heterocycles. The van der Waals surface area contributed by atoms with Crippen molar-refractivity contribution in [1.29, 1.82) is 0 Å². The maximum absolute atomic E-state index is 11.3. The molecule has 94 valence electrons. The molecular formula is C13H10Cl2O3. The Bertz CT molecular complexity index is 549. The van der Waals surface area contributed by atoms with Crippen molar-refractivity contribution in [3.05, 3.63) is 45.5 Å². The molecule has 1 aromatic rings. The minimum Gasteiger partial charge on any atom is -0.478 e. The highest BCUT2D eigenvalue weighted by Crippen LogP contribution is 2.39. The number of ketones is 1. The molecule has 1 atom stereocenters. The summed E-state index contributed by atoms with van der Waals surface area (Å²) in [6.45, 7) is 0. The third-order valence-electron chi connectivity index (χ3n) is 2.98. The second-order valence-corrected chi connectivity index (χ2v) is 4.89. The number of carboxylic acids is 1. The van der Waals surface area contributed by atoms with Crippen LogP contribution >= 0.6 is 23.2 Å². The molecule has 1 aliphatic rings. The van der Waals surface area contributed by atoms with Gasteiger partial charge in [-0.1, -0.05) is 35.3 Å². The van der Waals surface area contributed by atoms with Gasteiger partial charge in [-0.3, -0.25) is 4.79 Å². The average molecular weight is 285 g/mol. The van der Waals surface area contributed by atoms with E-state index in [9.17, 15) is 9.59 Å². The predicted molar refractivity (Wildman–Crippen MR) is 69.2 cm³/mol. The normalized spacial score (nSPS) is 19.6. The molecule has 0 fully saturated rings. The quantitative estimate of drug-likeness (QED) is 0.905. The van der Waals surface area contributed by atoms with Crippen molar-refractivity contribution < 1.29 is 14.7 Å². The van der Waals surface area contributed by atoms with Gasteiger partial charge in [-0.05, 0) is 24.1 Å². The van der Waals surface area contributed by atoms with Gasteiger partial charge in [0, 0.05) is 17.9 Å². The number of benzene rings is 1. The summed E-state index contributed by atoms with van der Waals surface area (Å²) in [5, 5.41) is 9.89. The summed E-state index contributed by atoms with van der Waals surface area (Å²) in [6.07, 6.45) is 1.95. The summed E-state index contributed by atoms with van der Waals surface area (Å²) in [5.41, 5.74) is 0.737. The number of carboxylic acid groups (broad SMARTS) is 1. The van der Waals surface area contributed by atoms with Crippen molar-refractivity contribution in [3.63, 3.8) is 0 Å². The number of hydrogen-bond donors (Lipinski definition) is 1.